The Bertz CT molecular complexity index is 160. The van der Waals surface area contributed by atoms with Gasteiger partial charge in [0.25, 0.3) is 0 Å². The van der Waals surface area contributed by atoms with E-state index in [-0.39, 0.29) is 0 Å². The summed E-state index contributed by atoms with van der Waals surface area (Å²) in [7, 11) is 2.04. The van der Waals surface area contributed by atoms with Crippen molar-refractivity contribution in [3.63, 3.8) is 0 Å². The van der Waals surface area contributed by atoms with Crippen LogP contribution < -0.4 is 0 Å². The molecule has 2 unspecified atom stereocenters. The summed E-state index contributed by atoms with van der Waals surface area (Å²) >= 11 is 0. The summed E-state index contributed by atoms with van der Waals surface area (Å²) < 4.78 is 21.4. The molecule has 5 heteroatoms. The van der Waals surface area contributed by atoms with Crippen LogP contribution in [0.25, 0.3) is 0 Å². The highest BCUT2D eigenvalue weighted by Crippen LogP contribution is 2.14. The maximum atomic E-state index is 5.74. The van der Waals surface area contributed by atoms with Gasteiger partial charge in [-0.1, -0.05) is 6.92 Å². The molecule has 0 bridgehead atoms. The van der Waals surface area contributed by atoms with Crippen molar-refractivity contribution in [1.82, 2.24) is 0 Å². The van der Waals surface area contributed by atoms with Crippen molar-refractivity contribution in [3.8, 4) is 0 Å². The third kappa shape index (κ3) is 5.63. The van der Waals surface area contributed by atoms with Gasteiger partial charge in [0.1, 0.15) is 6.10 Å². The lowest BCUT2D eigenvalue weighted by atomic mass is 10.2. The van der Waals surface area contributed by atoms with Crippen molar-refractivity contribution < 1.29 is 18.3 Å². The summed E-state index contributed by atoms with van der Waals surface area (Å²) in [4.78, 5) is 0. The van der Waals surface area contributed by atoms with Gasteiger partial charge in [0, 0.05) is 14.2 Å². The zero-order chi connectivity index (χ0) is 11.1. The summed E-state index contributed by atoms with van der Waals surface area (Å²) in [6, 6.07) is 1.01. The number of rotatable bonds is 9. The van der Waals surface area contributed by atoms with E-state index >= 15 is 0 Å². The van der Waals surface area contributed by atoms with E-state index < -0.39 is 9.28 Å². The monoisotopic (exact) mass is 234 g/mol. The van der Waals surface area contributed by atoms with Gasteiger partial charge >= 0.3 is 9.28 Å². The van der Waals surface area contributed by atoms with Crippen LogP contribution in [-0.4, -0.2) is 48.9 Å². The number of hydrogen-bond donors (Lipinski definition) is 0. The second-order valence-corrected chi connectivity index (χ2v) is 6.18. The van der Waals surface area contributed by atoms with Crippen LogP contribution in [0.4, 0.5) is 0 Å². The second kappa shape index (κ2) is 7.35. The Morgan fingerprint density at radius 3 is 2.53 bits per heavy atom. The van der Waals surface area contributed by atoms with E-state index in [0.29, 0.717) is 12.2 Å². The fourth-order valence-electron chi connectivity index (χ4n) is 1.47. The summed E-state index contributed by atoms with van der Waals surface area (Å²) in [6.07, 6.45) is 2.76. The summed E-state index contributed by atoms with van der Waals surface area (Å²) in [5.74, 6) is 0. The van der Waals surface area contributed by atoms with E-state index in [1.54, 1.807) is 14.2 Å². The second-order valence-electron chi connectivity index (χ2n) is 3.80. The Morgan fingerprint density at radius 2 is 2.07 bits per heavy atom. The molecule has 1 aliphatic rings. The first-order chi connectivity index (χ1) is 7.30. The molecule has 0 aromatic rings. The molecule has 0 aliphatic carbocycles. The van der Waals surface area contributed by atoms with E-state index in [1.165, 1.54) is 0 Å². The average molecular weight is 234 g/mol. The molecule has 2 atom stereocenters. The van der Waals surface area contributed by atoms with Crippen LogP contribution in [0, 0.1) is 0 Å². The molecule has 90 valence electrons. The van der Waals surface area contributed by atoms with Crippen LogP contribution in [0.5, 0.6) is 0 Å². The average Bonchev–Trinajstić information content (AvgIpc) is 3.07. The lowest BCUT2D eigenvalue weighted by molar-refractivity contribution is 0.0368. The van der Waals surface area contributed by atoms with Gasteiger partial charge in [0.05, 0.1) is 19.3 Å². The van der Waals surface area contributed by atoms with Gasteiger partial charge in [0.15, 0.2) is 0 Å². The van der Waals surface area contributed by atoms with Gasteiger partial charge < -0.3 is 18.3 Å². The SMILES string of the molecule is CCC(CC[SiH](OC)OC)OCC1CO1. The fourth-order valence-corrected chi connectivity index (χ4v) is 2.77. The van der Waals surface area contributed by atoms with Crippen LogP contribution >= 0.6 is 0 Å². The van der Waals surface area contributed by atoms with Gasteiger partial charge in [-0.15, -0.1) is 0 Å². The molecule has 0 amide bonds. The molecular formula is C10H22O4Si. The highest BCUT2D eigenvalue weighted by atomic mass is 28.3. The first kappa shape index (κ1) is 13.1. The Hall–Kier alpha value is 0.0569. The Kier molecular flexibility index (Phi) is 6.43. The molecule has 0 aromatic carbocycles. The van der Waals surface area contributed by atoms with Crippen molar-refractivity contribution in [1.29, 1.82) is 0 Å². The number of epoxide rings is 1. The molecule has 1 saturated heterocycles. The molecule has 4 nitrogen and oxygen atoms in total. The van der Waals surface area contributed by atoms with Crippen molar-refractivity contribution >= 4 is 9.28 Å². The third-order valence-electron chi connectivity index (χ3n) is 2.63. The molecule has 15 heavy (non-hydrogen) atoms. The largest absolute Gasteiger partial charge is 0.400 e. The van der Waals surface area contributed by atoms with E-state index in [4.69, 9.17) is 18.3 Å². The zero-order valence-corrected chi connectivity index (χ0v) is 11.1. The van der Waals surface area contributed by atoms with Crippen molar-refractivity contribution in [2.75, 3.05) is 27.4 Å². The Morgan fingerprint density at radius 1 is 1.40 bits per heavy atom. The van der Waals surface area contributed by atoms with Gasteiger partial charge in [-0.2, -0.15) is 0 Å². The standard InChI is InChI=1S/C10H22O4Si/c1-4-9(13-7-10-8-14-10)5-6-15(11-2)12-3/h9-10,15H,4-8H2,1-3H3. The highest BCUT2D eigenvalue weighted by molar-refractivity contribution is 6.44. The molecular weight excluding hydrogens is 212 g/mol. The van der Waals surface area contributed by atoms with Crippen molar-refractivity contribution in [3.05, 3.63) is 0 Å². The minimum atomic E-state index is -1.41. The first-order valence-corrected chi connectivity index (χ1v) is 7.34. The van der Waals surface area contributed by atoms with Crippen LogP contribution in [0.15, 0.2) is 0 Å². The third-order valence-corrected chi connectivity index (χ3v) is 4.48. The molecule has 1 heterocycles. The first-order valence-electron chi connectivity index (χ1n) is 5.59. The topological polar surface area (TPSA) is 40.2 Å². The zero-order valence-electron chi connectivity index (χ0n) is 9.90. The Labute approximate surface area is 93.7 Å². The number of ether oxygens (including phenoxy) is 2. The van der Waals surface area contributed by atoms with Crippen LogP contribution in [0.1, 0.15) is 19.8 Å². The molecule has 1 aliphatic heterocycles. The molecule has 0 N–H and O–H groups in total. The van der Waals surface area contributed by atoms with Crippen LogP contribution in [0.2, 0.25) is 6.04 Å². The normalized spacial score (nSPS) is 22.0. The molecule has 1 rings (SSSR count). The maximum Gasteiger partial charge on any atom is 0.320 e. The summed E-state index contributed by atoms with van der Waals surface area (Å²) in [5, 5.41) is 0. The maximum absolute atomic E-state index is 5.74. The molecule has 0 radical (unpaired) electrons. The lowest BCUT2D eigenvalue weighted by Crippen LogP contribution is -2.23. The molecule has 1 fully saturated rings. The fraction of sp³-hybridized carbons (Fsp3) is 1.00. The predicted molar refractivity (Wildman–Crippen MR) is 60.4 cm³/mol. The molecule has 0 aromatic heterocycles. The van der Waals surface area contributed by atoms with E-state index in [2.05, 4.69) is 6.92 Å². The lowest BCUT2D eigenvalue weighted by Gasteiger charge is -2.17. The van der Waals surface area contributed by atoms with Gasteiger partial charge in [-0.05, 0) is 18.9 Å². The highest BCUT2D eigenvalue weighted by Gasteiger charge is 2.24. The van der Waals surface area contributed by atoms with E-state index in [1.807, 2.05) is 0 Å². The van der Waals surface area contributed by atoms with Gasteiger partial charge in [0.2, 0.25) is 0 Å². The summed E-state index contributed by atoms with van der Waals surface area (Å²) in [5.41, 5.74) is 0. The Balaban J connectivity index is 2.08. The van der Waals surface area contributed by atoms with Gasteiger partial charge in [-0.25, -0.2) is 0 Å². The van der Waals surface area contributed by atoms with Crippen molar-refractivity contribution in [2.45, 2.75) is 38.0 Å². The number of hydrogen-bond acceptors (Lipinski definition) is 4. The van der Waals surface area contributed by atoms with E-state index in [9.17, 15) is 0 Å². The summed E-state index contributed by atoms with van der Waals surface area (Å²) in [6.45, 7) is 3.75. The van der Waals surface area contributed by atoms with Crippen LogP contribution in [-0.2, 0) is 18.3 Å². The van der Waals surface area contributed by atoms with Gasteiger partial charge in [-0.3, -0.25) is 0 Å². The smallest absolute Gasteiger partial charge is 0.320 e. The minimum absolute atomic E-state index is 0.328. The quantitative estimate of drug-likeness (QED) is 0.442. The van der Waals surface area contributed by atoms with Crippen LogP contribution in [0.3, 0.4) is 0 Å². The molecule has 0 saturated carbocycles. The van der Waals surface area contributed by atoms with Crippen molar-refractivity contribution in [2.24, 2.45) is 0 Å². The minimum Gasteiger partial charge on any atom is -0.400 e. The predicted octanol–water partition coefficient (Wildman–Crippen LogP) is 1.08. The van der Waals surface area contributed by atoms with E-state index in [0.717, 1.165) is 32.1 Å². The molecule has 0 spiro atoms.